The van der Waals surface area contributed by atoms with Crippen molar-refractivity contribution >= 4 is 10.1 Å². The number of ether oxygens (including phenoxy) is 2. The average molecular weight is 378 g/mol. The maximum atomic E-state index is 12.0. The van der Waals surface area contributed by atoms with Gasteiger partial charge in [-0.1, -0.05) is 48.0 Å². The third kappa shape index (κ3) is 7.25. The highest BCUT2D eigenvalue weighted by Crippen LogP contribution is 2.13. The van der Waals surface area contributed by atoms with Crippen molar-refractivity contribution in [2.75, 3.05) is 19.8 Å². The largest absolute Gasteiger partial charge is 0.379 e. The summed E-state index contributed by atoms with van der Waals surface area (Å²) < 4.78 is 40.2. The first kappa shape index (κ1) is 20.6. The van der Waals surface area contributed by atoms with E-state index < -0.39 is 10.1 Å². The Hall–Kier alpha value is -1.73. The highest BCUT2D eigenvalue weighted by atomic mass is 32.2. The number of aryl methyl sites for hydroxylation is 1. The lowest BCUT2D eigenvalue weighted by atomic mass is 10.2. The second-order valence-electron chi connectivity index (χ2n) is 6.10. The van der Waals surface area contributed by atoms with Crippen LogP contribution in [0.3, 0.4) is 0 Å². The smallest absolute Gasteiger partial charge is 0.297 e. The van der Waals surface area contributed by atoms with Crippen molar-refractivity contribution in [3.63, 3.8) is 0 Å². The normalized spacial score (nSPS) is 12.8. The van der Waals surface area contributed by atoms with E-state index in [1.807, 2.05) is 44.2 Å². The summed E-state index contributed by atoms with van der Waals surface area (Å²) in [6, 6.07) is 16.5. The lowest BCUT2D eigenvalue weighted by molar-refractivity contribution is 0.0179. The molecule has 26 heavy (non-hydrogen) atoms. The quantitative estimate of drug-likeness (QED) is 0.441. The molecule has 0 fully saturated rings. The van der Waals surface area contributed by atoms with Crippen LogP contribution in [0.15, 0.2) is 59.5 Å². The second kappa shape index (κ2) is 10.4. The van der Waals surface area contributed by atoms with Crippen LogP contribution in [0.4, 0.5) is 0 Å². The standard InChI is InChI=1S/C20H26O5S/c1-17-8-10-20(11-9-17)26(21,22)25-15-14-23-13-12-18(2)24-16-19-6-4-3-5-7-19/h3-11,18H,12-16H2,1-2H3/t18-/m1/s1. The fourth-order valence-corrected chi connectivity index (χ4v) is 3.12. The molecule has 142 valence electrons. The lowest BCUT2D eigenvalue weighted by Gasteiger charge is -2.13. The Balaban J connectivity index is 1.58. The topological polar surface area (TPSA) is 61.8 Å². The molecule has 0 unspecified atom stereocenters. The molecule has 0 amide bonds. The molecule has 0 heterocycles. The van der Waals surface area contributed by atoms with Crippen LogP contribution in [0.2, 0.25) is 0 Å². The predicted molar refractivity (Wildman–Crippen MR) is 100 cm³/mol. The summed E-state index contributed by atoms with van der Waals surface area (Å²) in [5.41, 5.74) is 2.13. The van der Waals surface area contributed by atoms with Crippen LogP contribution < -0.4 is 0 Å². The van der Waals surface area contributed by atoms with Gasteiger partial charge in [-0.3, -0.25) is 4.18 Å². The van der Waals surface area contributed by atoms with Crippen molar-refractivity contribution in [3.05, 3.63) is 65.7 Å². The Morgan fingerprint density at radius 2 is 1.62 bits per heavy atom. The fraction of sp³-hybridized carbons (Fsp3) is 0.400. The van der Waals surface area contributed by atoms with E-state index in [1.165, 1.54) is 12.1 Å². The maximum absolute atomic E-state index is 12.0. The van der Waals surface area contributed by atoms with Crippen LogP contribution in [-0.2, 0) is 30.4 Å². The van der Waals surface area contributed by atoms with E-state index in [0.29, 0.717) is 13.2 Å². The van der Waals surface area contributed by atoms with E-state index in [1.54, 1.807) is 12.1 Å². The molecule has 0 saturated carbocycles. The molecule has 2 rings (SSSR count). The number of hydrogen-bond donors (Lipinski definition) is 0. The Bertz CT molecular complexity index is 742. The summed E-state index contributed by atoms with van der Waals surface area (Å²) >= 11 is 0. The summed E-state index contributed by atoms with van der Waals surface area (Å²) in [6.45, 7) is 5.16. The van der Waals surface area contributed by atoms with Gasteiger partial charge in [-0.15, -0.1) is 0 Å². The van der Waals surface area contributed by atoms with E-state index in [0.717, 1.165) is 17.5 Å². The fourth-order valence-electron chi connectivity index (χ4n) is 2.22. The van der Waals surface area contributed by atoms with Crippen molar-refractivity contribution < 1.29 is 22.1 Å². The van der Waals surface area contributed by atoms with Crippen LogP contribution >= 0.6 is 0 Å². The van der Waals surface area contributed by atoms with Gasteiger partial charge in [-0.25, -0.2) is 0 Å². The van der Waals surface area contributed by atoms with E-state index in [9.17, 15) is 8.42 Å². The Morgan fingerprint density at radius 3 is 2.31 bits per heavy atom. The van der Waals surface area contributed by atoms with E-state index in [2.05, 4.69) is 0 Å². The first-order valence-electron chi connectivity index (χ1n) is 8.67. The SMILES string of the molecule is Cc1ccc(S(=O)(=O)OCCOCC[C@@H](C)OCc2ccccc2)cc1. The van der Waals surface area contributed by atoms with Gasteiger partial charge in [0.1, 0.15) is 0 Å². The molecule has 1 atom stereocenters. The van der Waals surface area contributed by atoms with Crippen molar-refractivity contribution in [2.45, 2.75) is 37.9 Å². The zero-order chi connectivity index (χ0) is 18.8. The van der Waals surface area contributed by atoms with Crippen molar-refractivity contribution in [2.24, 2.45) is 0 Å². The summed E-state index contributed by atoms with van der Waals surface area (Å²) in [4.78, 5) is 0.158. The third-order valence-electron chi connectivity index (χ3n) is 3.82. The third-order valence-corrected chi connectivity index (χ3v) is 5.15. The van der Waals surface area contributed by atoms with Gasteiger partial charge in [0.25, 0.3) is 10.1 Å². The van der Waals surface area contributed by atoms with E-state index in [4.69, 9.17) is 13.7 Å². The zero-order valence-electron chi connectivity index (χ0n) is 15.3. The minimum Gasteiger partial charge on any atom is -0.379 e. The maximum Gasteiger partial charge on any atom is 0.297 e. The molecule has 0 aliphatic carbocycles. The van der Waals surface area contributed by atoms with Crippen LogP contribution in [0.1, 0.15) is 24.5 Å². The highest BCUT2D eigenvalue weighted by molar-refractivity contribution is 7.86. The molecule has 0 radical (unpaired) electrons. The summed E-state index contributed by atoms with van der Waals surface area (Å²) in [7, 11) is -3.72. The van der Waals surface area contributed by atoms with Crippen LogP contribution in [0.25, 0.3) is 0 Å². The number of hydrogen-bond acceptors (Lipinski definition) is 5. The Kier molecular flexibility index (Phi) is 8.25. The zero-order valence-corrected chi connectivity index (χ0v) is 16.1. The first-order valence-corrected chi connectivity index (χ1v) is 10.1. The molecule has 0 aromatic heterocycles. The monoisotopic (exact) mass is 378 g/mol. The number of benzene rings is 2. The van der Waals surface area contributed by atoms with Gasteiger partial charge in [-0.2, -0.15) is 8.42 Å². The van der Waals surface area contributed by atoms with Gasteiger partial charge in [0.05, 0.1) is 30.8 Å². The predicted octanol–water partition coefficient (Wildman–Crippen LogP) is 3.71. The van der Waals surface area contributed by atoms with Gasteiger partial charge in [0, 0.05) is 6.61 Å². The van der Waals surface area contributed by atoms with Gasteiger partial charge in [0.15, 0.2) is 0 Å². The van der Waals surface area contributed by atoms with Crippen LogP contribution in [0, 0.1) is 6.92 Å². The van der Waals surface area contributed by atoms with Crippen molar-refractivity contribution in [1.29, 1.82) is 0 Å². The van der Waals surface area contributed by atoms with Crippen molar-refractivity contribution in [3.8, 4) is 0 Å². The van der Waals surface area contributed by atoms with E-state index in [-0.39, 0.29) is 24.2 Å². The molecule has 5 nitrogen and oxygen atoms in total. The average Bonchev–Trinajstić information content (AvgIpc) is 2.64. The Labute approximate surface area is 156 Å². The minimum absolute atomic E-state index is 0.00450. The molecular weight excluding hydrogens is 352 g/mol. The van der Waals surface area contributed by atoms with Crippen molar-refractivity contribution in [1.82, 2.24) is 0 Å². The summed E-state index contributed by atoms with van der Waals surface area (Å²) in [5.74, 6) is 0. The molecule has 0 aliphatic rings. The lowest BCUT2D eigenvalue weighted by Crippen LogP contribution is -2.15. The van der Waals surface area contributed by atoms with Gasteiger partial charge >= 0.3 is 0 Å². The summed E-state index contributed by atoms with van der Waals surface area (Å²) in [6.07, 6.45) is 0.796. The molecule has 2 aromatic carbocycles. The molecule has 2 aromatic rings. The first-order chi connectivity index (χ1) is 12.5. The van der Waals surface area contributed by atoms with Gasteiger partial charge in [-0.05, 0) is 38.0 Å². The van der Waals surface area contributed by atoms with E-state index >= 15 is 0 Å². The van der Waals surface area contributed by atoms with Crippen LogP contribution in [0.5, 0.6) is 0 Å². The highest BCUT2D eigenvalue weighted by Gasteiger charge is 2.14. The van der Waals surface area contributed by atoms with Gasteiger partial charge < -0.3 is 9.47 Å². The second-order valence-corrected chi connectivity index (χ2v) is 7.71. The van der Waals surface area contributed by atoms with Crippen LogP contribution in [-0.4, -0.2) is 34.3 Å². The molecule has 0 N–H and O–H groups in total. The van der Waals surface area contributed by atoms with Gasteiger partial charge in [0.2, 0.25) is 0 Å². The molecule has 0 bridgehead atoms. The molecule has 0 spiro atoms. The molecule has 0 saturated heterocycles. The molecule has 6 heteroatoms. The summed E-state index contributed by atoms with van der Waals surface area (Å²) in [5, 5.41) is 0. The molecular formula is C20H26O5S. The Morgan fingerprint density at radius 1 is 0.923 bits per heavy atom. The molecule has 0 aliphatic heterocycles. The minimum atomic E-state index is -3.72. The number of rotatable bonds is 11.